The summed E-state index contributed by atoms with van der Waals surface area (Å²) in [6.07, 6.45) is 61.9. The molecule has 0 aliphatic rings. The third-order valence-corrected chi connectivity index (χ3v) is 20.2. The van der Waals surface area contributed by atoms with Crippen LogP contribution in [0.1, 0.15) is 395 Å². The minimum atomic E-state index is -4.97. The van der Waals surface area contributed by atoms with E-state index >= 15 is 0 Å². The van der Waals surface area contributed by atoms with Crippen LogP contribution in [0.5, 0.6) is 0 Å². The van der Waals surface area contributed by atoms with Crippen LogP contribution in [0.15, 0.2) is 24.3 Å². The van der Waals surface area contributed by atoms with Gasteiger partial charge in [-0.3, -0.25) is 37.3 Å². The molecular weight excluding hydrogens is 1310 g/mol. The molecule has 0 radical (unpaired) electrons. The zero-order valence-electron chi connectivity index (χ0n) is 65.2. The number of allylic oxidation sites excluding steroid dienone is 4. The average Bonchev–Trinajstić information content (AvgIpc) is 1.00. The van der Waals surface area contributed by atoms with Crippen molar-refractivity contribution in [2.45, 2.75) is 414 Å². The molecule has 590 valence electrons. The van der Waals surface area contributed by atoms with Gasteiger partial charge in [-0.15, -0.1) is 0 Å². The highest BCUT2D eigenvalue weighted by Crippen LogP contribution is 2.45. The first-order chi connectivity index (χ1) is 48.2. The molecule has 0 heterocycles. The van der Waals surface area contributed by atoms with Crippen molar-refractivity contribution in [3.05, 3.63) is 24.3 Å². The summed E-state index contributed by atoms with van der Waals surface area (Å²) in [4.78, 5) is 73.0. The molecular formula is C81H154O17P2. The van der Waals surface area contributed by atoms with Crippen molar-refractivity contribution in [3.63, 3.8) is 0 Å². The van der Waals surface area contributed by atoms with Crippen molar-refractivity contribution >= 4 is 39.5 Å². The monoisotopic (exact) mass is 1460 g/mol. The highest BCUT2D eigenvalue weighted by molar-refractivity contribution is 7.47. The molecule has 3 N–H and O–H groups in total. The summed E-state index contributed by atoms with van der Waals surface area (Å²) in [5, 5.41) is 10.6. The van der Waals surface area contributed by atoms with Crippen molar-refractivity contribution in [3.8, 4) is 0 Å². The van der Waals surface area contributed by atoms with Crippen LogP contribution < -0.4 is 0 Å². The Labute approximate surface area is 612 Å². The third-order valence-electron chi connectivity index (χ3n) is 18.3. The van der Waals surface area contributed by atoms with Crippen molar-refractivity contribution < 1.29 is 80.2 Å². The summed E-state index contributed by atoms with van der Waals surface area (Å²) in [6.45, 7) is 11.9. The van der Waals surface area contributed by atoms with Crippen LogP contribution in [0.25, 0.3) is 0 Å². The SMILES string of the molecule is CCCCCC/C=C\C=C/CCCCCCCC(=O)OC[C@H](COP(=O)(O)OCC(O)COP(=O)(O)OC[C@@H](COC(=O)CCCCCCCCCC(C)C)OC(=O)CCCCCCCCCCCCCCCCCC(C)C)OC(=O)CCCCCCCCCCCCCCCCC(C)C. The van der Waals surface area contributed by atoms with E-state index in [1.54, 1.807) is 0 Å². The molecule has 0 fully saturated rings. The maximum atomic E-state index is 13.1. The van der Waals surface area contributed by atoms with E-state index in [1.165, 1.54) is 180 Å². The lowest BCUT2D eigenvalue weighted by Crippen LogP contribution is -2.30. The molecule has 19 heteroatoms. The first-order valence-electron chi connectivity index (χ1n) is 41.2. The summed E-state index contributed by atoms with van der Waals surface area (Å²) >= 11 is 0. The van der Waals surface area contributed by atoms with E-state index in [4.69, 9.17) is 37.0 Å². The van der Waals surface area contributed by atoms with Crippen LogP contribution >= 0.6 is 15.6 Å². The van der Waals surface area contributed by atoms with Gasteiger partial charge < -0.3 is 33.8 Å². The Morgan fingerprint density at radius 3 is 0.810 bits per heavy atom. The Balaban J connectivity index is 5.27. The van der Waals surface area contributed by atoms with Gasteiger partial charge in [-0.05, 0) is 69.1 Å². The van der Waals surface area contributed by atoms with Gasteiger partial charge in [0.25, 0.3) is 0 Å². The number of ether oxygens (including phenoxy) is 4. The summed E-state index contributed by atoms with van der Waals surface area (Å²) in [5.74, 6) is 0.156. The van der Waals surface area contributed by atoms with Crippen LogP contribution in [0, 0.1) is 17.8 Å². The van der Waals surface area contributed by atoms with Gasteiger partial charge in [-0.1, -0.05) is 342 Å². The smallest absolute Gasteiger partial charge is 0.462 e. The van der Waals surface area contributed by atoms with Gasteiger partial charge in [0, 0.05) is 25.7 Å². The number of phosphoric acid groups is 2. The summed E-state index contributed by atoms with van der Waals surface area (Å²) < 4.78 is 68.7. The first-order valence-corrected chi connectivity index (χ1v) is 44.2. The zero-order valence-corrected chi connectivity index (χ0v) is 66.9. The Morgan fingerprint density at radius 1 is 0.310 bits per heavy atom. The van der Waals surface area contributed by atoms with Crippen LogP contribution in [0.2, 0.25) is 0 Å². The van der Waals surface area contributed by atoms with Crippen LogP contribution in [0.4, 0.5) is 0 Å². The Morgan fingerprint density at radius 2 is 0.540 bits per heavy atom. The van der Waals surface area contributed by atoms with E-state index in [1.807, 2.05) is 0 Å². The van der Waals surface area contributed by atoms with Crippen LogP contribution in [-0.2, 0) is 65.4 Å². The predicted octanol–water partition coefficient (Wildman–Crippen LogP) is 23.7. The predicted molar refractivity (Wildman–Crippen MR) is 409 cm³/mol. The van der Waals surface area contributed by atoms with E-state index in [-0.39, 0.29) is 25.7 Å². The van der Waals surface area contributed by atoms with E-state index in [0.717, 1.165) is 127 Å². The fourth-order valence-electron chi connectivity index (χ4n) is 11.9. The Hall–Kier alpha value is -2.46. The van der Waals surface area contributed by atoms with Gasteiger partial charge >= 0.3 is 39.5 Å². The highest BCUT2D eigenvalue weighted by atomic mass is 31.2. The van der Waals surface area contributed by atoms with Crippen LogP contribution in [0.3, 0.4) is 0 Å². The molecule has 0 amide bonds. The van der Waals surface area contributed by atoms with E-state index in [9.17, 15) is 43.2 Å². The normalized spacial score (nSPS) is 14.1. The molecule has 100 heavy (non-hydrogen) atoms. The number of hydrogen-bond acceptors (Lipinski definition) is 15. The Kier molecular flexibility index (Phi) is 69.1. The standard InChI is InChI=1S/C81H154O17P2/c1-8-9-10-11-12-13-14-15-17-24-29-34-41-48-55-62-78(83)91-68-76(97-80(85)65-58-51-43-36-31-26-21-20-23-28-33-39-46-53-60-73(4)5)70-95-99(87,88)93-66-75(82)67-94-100(89,90)96-71-77(69-92-79(84)63-56-49-44-37-40-47-54-61-74(6)7)98-81(86)64-57-50-42-35-30-25-19-16-18-22-27-32-38-45-52-59-72(2)3/h13-15,17,72-77,82H,8-12,16,18-71H2,1-7H3,(H,87,88)(H,89,90)/b14-13-,17-15-/t75?,76-,77-/m1/s1. The molecule has 0 aliphatic carbocycles. The second-order valence-electron chi connectivity index (χ2n) is 29.9. The minimum absolute atomic E-state index is 0.100. The molecule has 0 aromatic heterocycles. The first kappa shape index (κ1) is 97.5. The second-order valence-corrected chi connectivity index (χ2v) is 32.8. The summed E-state index contributed by atoms with van der Waals surface area (Å²) in [5.41, 5.74) is 0. The minimum Gasteiger partial charge on any atom is -0.462 e. The number of unbranched alkanes of at least 4 members (excludes halogenated alkanes) is 42. The Bertz CT molecular complexity index is 2030. The van der Waals surface area contributed by atoms with Crippen molar-refractivity contribution in [1.82, 2.24) is 0 Å². The van der Waals surface area contributed by atoms with Gasteiger partial charge in [-0.25, -0.2) is 9.13 Å². The van der Waals surface area contributed by atoms with Gasteiger partial charge in [0.05, 0.1) is 26.4 Å². The summed E-state index contributed by atoms with van der Waals surface area (Å²) in [7, 11) is -9.93. The van der Waals surface area contributed by atoms with E-state index < -0.39 is 97.5 Å². The highest BCUT2D eigenvalue weighted by Gasteiger charge is 2.30. The number of hydrogen-bond donors (Lipinski definition) is 3. The number of rotatable bonds is 77. The fraction of sp³-hybridized carbons (Fsp3) is 0.901. The summed E-state index contributed by atoms with van der Waals surface area (Å²) in [6, 6.07) is 0. The molecule has 0 aliphatic heterocycles. The quantitative estimate of drug-likeness (QED) is 0.0169. The zero-order chi connectivity index (χ0) is 73.7. The molecule has 17 nitrogen and oxygen atoms in total. The van der Waals surface area contributed by atoms with Crippen LogP contribution in [-0.4, -0.2) is 96.7 Å². The van der Waals surface area contributed by atoms with Gasteiger partial charge in [0.2, 0.25) is 0 Å². The lowest BCUT2D eigenvalue weighted by atomic mass is 10.0. The molecule has 0 rings (SSSR count). The lowest BCUT2D eigenvalue weighted by Gasteiger charge is -2.21. The lowest BCUT2D eigenvalue weighted by molar-refractivity contribution is -0.161. The maximum absolute atomic E-state index is 13.1. The number of esters is 4. The second kappa shape index (κ2) is 70.8. The molecule has 0 bridgehead atoms. The largest absolute Gasteiger partial charge is 0.472 e. The molecule has 3 unspecified atom stereocenters. The molecule has 0 saturated heterocycles. The molecule has 5 atom stereocenters. The number of aliphatic hydroxyl groups excluding tert-OH is 1. The molecule has 0 aromatic rings. The average molecular weight is 1460 g/mol. The van der Waals surface area contributed by atoms with E-state index in [2.05, 4.69) is 72.8 Å². The van der Waals surface area contributed by atoms with Gasteiger partial charge in [-0.2, -0.15) is 0 Å². The number of carbonyl (C=O) groups excluding carboxylic acids is 4. The number of aliphatic hydroxyl groups is 1. The maximum Gasteiger partial charge on any atom is 0.472 e. The molecule has 0 saturated carbocycles. The number of carbonyl (C=O) groups is 4. The topological polar surface area (TPSA) is 237 Å². The third kappa shape index (κ3) is 73.8. The molecule has 0 spiro atoms. The van der Waals surface area contributed by atoms with Crippen molar-refractivity contribution in [2.24, 2.45) is 17.8 Å². The number of phosphoric ester groups is 2. The van der Waals surface area contributed by atoms with Gasteiger partial charge in [0.1, 0.15) is 19.3 Å². The fourth-order valence-corrected chi connectivity index (χ4v) is 13.5. The van der Waals surface area contributed by atoms with Crippen molar-refractivity contribution in [2.75, 3.05) is 39.6 Å². The van der Waals surface area contributed by atoms with E-state index in [0.29, 0.717) is 31.6 Å². The van der Waals surface area contributed by atoms with Crippen molar-refractivity contribution in [1.29, 1.82) is 0 Å². The van der Waals surface area contributed by atoms with Gasteiger partial charge in [0.15, 0.2) is 12.2 Å². The molecule has 0 aromatic carbocycles.